The van der Waals surface area contributed by atoms with Crippen LogP contribution in [0.4, 0.5) is 0 Å². The molecule has 0 spiro atoms. The Morgan fingerprint density at radius 2 is 1.40 bits per heavy atom. The van der Waals surface area contributed by atoms with Gasteiger partial charge in [-0.05, 0) is 59.8 Å². The van der Waals surface area contributed by atoms with Crippen LogP contribution in [0.15, 0.2) is 0 Å². The number of ketones is 1. The van der Waals surface area contributed by atoms with Crippen LogP contribution in [0.3, 0.4) is 0 Å². The first-order valence-electron chi connectivity index (χ1n) is 19.7. The van der Waals surface area contributed by atoms with E-state index < -0.39 is 42.2 Å². The lowest BCUT2D eigenvalue weighted by molar-refractivity contribution is -0.191. The fraction of sp³-hybridized carbons (Fsp3) is 0.769. The zero-order valence-corrected chi connectivity index (χ0v) is 34.8. The van der Waals surface area contributed by atoms with Crippen molar-refractivity contribution in [2.24, 2.45) is 0 Å². The smallest absolute Gasteiger partial charge is 0.347 e. The number of esters is 6. The lowest BCUT2D eigenvalue weighted by Gasteiger charge is -2.22. The van der Waals surface area contributed by atoms with Crippen LogP contribution in [0, 0.1) is 0 Å². The standard InChI is InChI=1S/C20H35NO7.C7H11NO3.C6H8O4.C6H10O2/c1-5-18(23)11-12-21(17(4)22)13-15-27-16(3)20(25)28-19(24)10-8-7-9-14-26-6-2;1-6(9)8-3-2-7(10)11-5-4-8;1-3-5(7)10-4(2)6(8)9-3;7-6-4-2-1-3-5-8-6/h16H,5-15H2,1-4H3;2-5H2,1H3;3-4H,1-2H3;1-5H2. The van der Waals surface area contributed by atoms with Crippen LogP contribution in [-0.4, -0.2) is 141 Å². The maximum Gasteiger partial charge on any atom is 0.347 e. The van der Waals surface area contributed by atoms with E-state index in [2.05, 4.69) is 9.47 Å². The minimum atomic E-state index is -0.909. The van der Waals surface area contributed by atoms with Gasteiger partial charge in [0.15, 0.2) is 18.3 Å². The first-order valence-corrected chi connectivity index (χ1v) is 19.7. The molecule has 18 heteroatoms. The predicted octanol–water partition coefficient (Wildman–Crippen LogP) is 3.02. The number of unbranched alkanes of at least 4 members (excludes halogenated alkanes) is 2. The molecule has 0 aromatic rings. The summed E-state index contributed by atoms with van der Waals surface area (Å²) >= 11 is 0. The van der Waals surface area contributed by atoms with Crippen molar-refractivity contribution in [3.8, 4) is 0 Å². The number of ether oxygens (including phenoxy) is 7. The second-order valence-electron chi connectivity index (χ2n) is 13.1. The summed E-state index contributed by atoms with van der Waals surface area (Å²) in [6.07, 6.45) is 4.99. The Labute approximate surface area is 335 Å². The van der Waals surface area contributed by atoms with Gasteiger partial charge in [0.2, 0.25) is 11.8 Å². The fourth-order valence-electron chi connectivity index (χ4n) is 4.75. The van der Waals surface area contributed by atoms with Gasteiger partial charge in [-0.25, -0.2) is 14.4 Å². The second kappa shape index (κ2) is 31.6. The molecule has 0 N–H and O–H groups in total. The molecule has 3 saturated heterocycles. The molecule has 18 nitrogen and oxygen atoms in total. The third kappa shape index (κ3) is 26.9. The van der Waals surface area contributed by atoms with Crippen molar-refractivity contribution in [1.82, 2.24) is 9.80 Å². The van der Waals surface area contributed by atoms with Crippen LogP contribution in [0.25, 0.3) is 0 Å². The van der Waals surface area contributed by atoms with E-state index in [1.807, 2.05) is 6.92 Å². The highest BCUT2D eigenvalue weighted by atomic mass is 16.6. The Kier molecular flexibility index (Phi) is 29.1. The molecule has 0 aliphatic carbocycles. The quantitative estimate of drug-likeness (QED) is 0.0945. The first-order chi connectivity index (χ1) is 27.0. The largest absolute Gasteiger partial charge is 0.466 e. The van der Waals surface area contributed by atoms with Gasteiger partial charge in [-0.1, -0.05) is 13.3 Å². The van der Waals surface area contributed by atoms with Crippen molar-refractivity contribution in [2.75, 3.05) is 59.2 Å². The van der Waals surface area contributed by atoms with Gasteiger partial charge in [0.1, 0.15) is 12.4 Å². The van der Waals surface area contributed by atoms with Crippen molar-refractivity contribution < 1.29 is 76.3 Å². The number of hydrogen-bond donors (Lipinski definition) is 0. The lowest BCUT2D eigenvalue weighted by Crippen LogP contribution is -2.40. The molecule has 0 bridgehead atoms. The summed E-state index contributed by atoms with van der Waals surface area (Å²) in [5.41, 5.74) is 0. The average molecular weight is 817 g/mol. The van der Waals surface area contributed by atoms with Crippen LogP contribution in [0.5, 0.6) is 0 Å². The highest BCUT2D eigenvalue weighted by Gasteiger charge is 2.32. The molecule has 3 aliphatic rings. The lowest BCUT2D eigenvalue weighted by atomic mass is 10.2. The topological polar surface area (TPSA) is 225 Å². The molecule has 3 unspecified atom stereocenters. The summed E-state index contributed by atoms with van der Waals surface area (Å²) in [5.74, 6) is -2.59. The first kappa shape index (κ1) is 52.6. The highest BCUT2D eigenvalue weighted by molar-refractivity contribution is 5.88. The average Bonchev–Trinajstić information content (AvgIpc) is 3.55. The molecular formula is C39H64N2O16. The van der Waals surface area contributed by atoms with Gasteiger partial charge in [0, 0.05) is 72.4 Å². The summed E-state index contributed by atoms with van der Waals surface area (Å²) in [5, 5.41) is 0. The third-order valence-corrected chi connectivity index (χ3v) is 8.34. The molecule has 326 valence electrons. The van der Waals surface area contributed by atoms with E-state index in [0.29, 0.717) is 78.2 Å². The van der Waals surface area contributed by atoms with E-state index in [0.717, 1.165) is 32.1 Å². The van der Waals surface area contributed by atoms with Gasteiger partial charge in [-0.3, -0.25) is 28.8 Å². The number of nitrogens with zero attached hydrogens (tertiary/aromatic N) is 2. The molecule has 3 aliphatic heterocycles. The molecule has 0 radical (unpaired) electrons. The van der Waals surface area contributed by atoms with Crippen molar-refractivity contribution >= 4 is 53.4 Å². The van der Waals surface area contributed by atoms with Gasteiger partial charge in [0.05, 0.1) is 26.2 Å². The molecule has 3 heterocycles. The molecule has 2 amide bonds. The number of rotatable bonds is 16. The monoisotopic (exact) mass is 816 g/mol. The maximum absolute atomic E-state index is 11.9. The van der Waals surface area contributed by atoms with Gasteiger partial charge in [-0.2, -0.15) is 0 Å². The summed E-state index contributed by atoms with van der Waals surface area (Å²) in [4.78, 5) is 103. The number of hydrogen-bond acceptors (Lipinski definition) is 16. The Bertz CT molecular complexity index is 1260. The molecule has 3 fully saturated rings. The minimum absolute atomic E-state index is 0.00306. The minimum Gasteiger partial charge on any atom is -0.466 e. The predicted molar refractivity (Wildman–Crippen MR) is 202 cm³/mol. The third-order valence-electron chi connectivity index (χ3n) is 8.34. The molecular weight excluding hydrogens is 752 g/mol. The van der Waals surface area contributed by atoms with E-state index in [1.54, 1.807) is 11.8 Å². The van der Waals surface area contributed by atoms with Crippen molar-refractivity contribution in [3.05, 3.63) is 0 Å². The summed E-state index contributed by atoms with van der Waals surface area (Å²) in [7, 11) is 0. The van der Waals surface area contributed by atoms with E-state index in [4.69, 9.17) is 23.7 Å². The fourth-order valence-corrected chi connectivity index (χ4v) is 4.75. The van der Waals surface area contributed by atoms with Crippen LogP contribution in [-0.2, 0) is 76.3 Å². The number of carbonyl (C=O) groups is 9. The van der Waals surface area contributed by atoms with Gasteiger partial charge in [-0.15, -0.1) is 0 Å². The molecule has 0 saturated carbocycles. The van der Waals surface area contributed by atoms with Crippen molar-refractivity contribution in [2.45, 2.75) is 137 Å². The molecule has 3 atom stereocenters. The van der Waals surface area contributed by atoms with Crippen molar-refractivity contribution in [3.63, 3.8) is 0 Å². The number of amides is 2. The van der Waals surface area contributed by atoms with Gasteiger partial charge in [0.25, 0.3) is 0 Å². The number of carbonyl (C=O) groups excluding carboxylic acids is 9. The summed E-state index contributed by atoms with van der Waals surface area (Å²) < 4.78 is 34.1. The zero-order valence-electron chi connectivity index (χ0n) is 34.8. The number of Topliss-reactive ketones (excluding diaryl/α,β-unsaturated/α-hetero) is 1. The molecule has 0 aromatic carbocycles. The zero-order chi connectivity index (χ0) is 43.2. The van der Waals surface area contributed by atoms with Crippen LogP contribution < -0.4 is 0 Å². The van der Waals surface area contributed by atoms with Crippen molar-refractivity contribution in [1.29, 1.82) is 0 Å². The van der Waals surface area contributed by atoms with E-state index in [9.17, 15) is 43.2 Å². The molecule has 3 rings (SSSR count). The second-order valence-corrected chi connectivity index (χ2v) is 13.1. The van der Waals surface area contributed by atoms with Crippen LogP contribution >= 0.6 is 0 Å². The van der Waals surface area contributed by atoms with E-state index >= 15 is 0 Å². The summed E-state index contributed by atoms with van der Waals surface area (Å²) in [6.45, 7) is 15.1. The van der Waals surface area contributed by atoms with Gasteiger partial charge >= 0.3 is 35.8 Å². The maximum atomic E-state index is 11.9. The van der Waals surface area contributed by atoms with E-state index in [1.165, 1.54) is 39.5 Å². The molecule has 57 heavy (non-hydrogen) atoms. The Morgan fingerprint density at radius 1 is 0.772 bits per heavy atom. The van der Waals surface area contributed by atoms with E-state index in [-0.39, 0.29) is 49.1 Å². The Hall–Kier alpha value is -4.45. The number of cyclic esters (lactones) is 4. The Morgan fingerprint density at radius 3 is 2.00 bits per heavy atom. The Balaban J connectivity index is 0.000000866. The molecule has 0 aromatic heterocycles. The highest BCUT2D eigenvalue weighted by Crippen LogP contribution is 2.09. The van der Waals surface area contributed by atoms with Gasteiger partial charge < -0.3 is 43.0 Å². The van der Waals surface area contributed by atoms with Crippen LogP contribution in [0.2, 0.25) is 0 Å². The summed E-state index contributed by atoms with van der Waals surface area (Å²) in [6, 6.07) is 0. The van der Waals surface area contributed by atoms with Crippen LogP contribution in [0.1, 0.15) is 119 Å². The normalized spacial score (nSPS) is 18.3. The SMILES string of the molecule is CC(=O)N1CCOC(=O)CC1.CC1OC(=O)C(C)OC1=O.CCOCCCCCC(=O)OC(=O)C(C)OCCN(CCC(=O)CC)C(C)=O.O=C1CCCCCO1.